The Morgan fingerprint density at radius 3 is 2.76 bits per heavy atom. The van der Waals surface area contributed by atoms with Crippen molar-refractivity contribution in [2.45, 2.75) is 45.7 Å². The summed E-state index contributed by atoms with van der Waals surface area (Å²) in [5.74, 6) is 0.508. The van der Waals surface area contributed by atoms with Crippen LogP contribution in [0.15, 0.2) is 60.9 Å². The molecule has 0 radical (unpaired) electrons. The van der Waals surface area contributed by atoms with Crippen molar-refractivity contribution in [1.29, 1.82) is 0 Å². The molecule has 4 aromatic rings. The van der Waals surface area contributed by atoms with E-state index >= 15 is 0 Å². The highest BCUT2D eigenvalue weighted by Gasteiger charge is 2.26. The van der Waals surface area contributed by atoms with Crippen LogP contribution in [0.3, 0.4) is 0 Å². The Hall–Kier alpha value is -4.00. The maximum atomic E-state index is 13.7. The number of amides is 2. The summed E-state index contributed by atoms with van der Waals surface area (Å²) in [7, 11) is 0. The Kier molecular flexibility index (Phi) is 5.84. The van der Waals surface area contributed by atoms with E-state index in [0.29, 0.717) is 29.7 Å². The van der Waals surface area contributed by atoms with E-state index in [1.807, 2.05) is 43.5 Å². The molecule has 1 aliphatic rings. The van der Waals surface area contributed by atoms with Crippen molar-refractivity contribution >= 4 is 28.5 Å². The zero-order valence-corrected chi connectivity index (χ0v) is 19.3. The van der Waals surface area contributed by atoms with Crippen LogP contribution in [0.25, 0.3) is 11.0 Å². The van der Waals surface area contributed by atoms with Crippen LogP contribution in [-0.2, 0) is 24.2 Å². The molecule has 5 rings (SSSR count). The fourth-order valence-corrected chi connectivity index (χ4v) is 4.82. The van der Waals surface area contributed by atoms with Crippen molar-refractivity contribution in [1.82, 2.24) is 19.9 Å². The first kappa shape index (κ1) is 21.8. The van der Waals surface area contributed by atoms with Crippen LogP contribution < -0.4 is 10.6 Å². The van der Waals surface area contributed by atoms with E-state index in [2.05, 4.69) is 32.3 Å². The number of nitrogens with one attached hydrogen (secondary N) is 2. The summed E-state index contributed by atoms with van der Waals surface area (Å²) >= 11 is 0. The number of anilines is 1. The summed E-state index contributed by atoms with van der Waals surface area (Å²) in [4.78, 5) is 34.5. The highest BCUT2D eigenvalue weighted by molar-refractivity contribution is 6.07. The fourth-order valence-electron chi connectivity index (χ4n) is 4.82. The van der Waals surface area contributed by atoms with Crippen LogP contribution >= 0.6 is 0 Å². The standard InChI is InChI=1S/C27H27N5O2/c1-3-25-30-24-14-20(29-17(2)33)13-22(26(24)32(25)16-18-7-6-12-28-15-18)27(34)31-23-11-10-19-8-4-5-9-21(19)23/h4-9,12-15,23H,3,10-11,16H2,1-2H3,(H,29,33)(H,31,34). The number of imidazole rings is 1. The SMILES string of the molecule is CCc1nc2cc(NC(C)=O)cc(C(=O)NC3CCc4ccccc43)c2n1Cc1cccnc1. The molecular weight excluding hydrogens is 426 g/mol. The van der Waals surface area contributed by atoms with E-state index < -0.39 is 0 Å². The molecule has 2 heterocycles. The molecule has 172 valence electrons. The molecule has 1 aliphatic carbocycles. The molecule has 34 heavy (non-hydrogen) atoms. The van der Waals surface area contributed by atoms with E-state index in [4.69, 9.17) is 4.98 Å². The monoisotopic (exact) mass is 453 g/mol. The van der Waals surface area contributed by atoms with Gasteiger partial charge in [-0.05, 0) is 47.7 Å². The lowest BCUT2D eigenvalue weighted by Crippen LogP contribution is -2.28. The number of aryl methyl sites for hydroxylation is 2. The second-order valence-electron chi connectivity index (χ2n) is 8.67. The molecule has 1 unspecified atom stereocenters. The van der Waals surface area contributed by atoms with E-state index in [1.54, 1.807) is 12.3 Å². The average Bonchev–Trinajstić information content (AvgIpc) is 3.40. The van der Waals surface area contributed by atoms with Crippen LogP contribution in [0.1, 0.15) is 59.2 Å². The number of hydrogen-bond donors (Lipinski definition) is 2. The highest BCUT2D eigenvalue weighted by Crippen LogP contribution is 2.32. The molecule has 0 bridgehead atoms. The van der Waals surface area contributed by atoms with Gasteiger partial charge in [0, 0.05) is 31.4 Å². The summed E-state index contributed by atoms with van der Waals surface area (Å²) in [5.41, 5.74) is 5.98. The Morgan fingerprint density at radius 1 is 1.15 bits per heavy atom. The van der Waals surface area contributed by atoms with Gasteiger partial charge in [0.15, 0.2) is 0 Å². The Morgan fingerprint density at radius 2 is 2.00 bits per heavy atom. The third kappa shape index (κ3) is 4.17. The minimum absolute atomic E-state index is 0.0384. The van der Waals surface area contributed by atoms with Crippen LogP contribution in [-0.4, -0.2) is 26.3 Å². The maximum Gasteiger partial charge on any atom is 0.254 e. The fraction of sp³-hybridized carbons (Fsp3) is 0.259. The molecule has 2 N–H and O–H groups in total. The van der Waals surface area contributed by atoms with Gasteiger partial charge in [-0.3, -0.25) is 14.6 Å². The molecule has 2 aromatic carbocycles. The lowest BCUT2D eigenvalue weighted by Gasteiger charge is -2.17. The number of rotatable bonds is 6. The van der Waals surface area contributed by atoms with Gasteiger partial charge in [0.1, 0.15) is 5.82 Å². The van der Waals surface area contributed by atoms with Crippen LogP contribution in [0, 0.1) is 0 Å². The molecule has 0 aliphatic heterocycles. The molecule has 0 saturated carbocycles. The van der Waals surface area contributed by atoms with Crippen LogP contribution in [0.4, 0.5) is 5.69 Å². The van der Waals surface area contributed by atoms with Crippen molar-refractivity contribution < 1.29 is 9.59 Å². The average molecular weight is 454 g/mol. The molecule has 0 fully saturated rings. The van der Waals surface area contributed by atoms with Gasteiger partial charge >= 0.3 is 0 Å². The second-order valence-corrected chi connectivity index (χ2v) is 8.67. The Balaban J connectivity index is 1.60. The first-order valence-corrected chi connectivity index (χ1v) is 11.6. The number of nitrogens with zero attached hydrogens (tertiary/aromatic N) is 3. The number of pyridine rings is 1. The van der Waals surface area contributed by atoms with Crippen molar-refractivity contribution in [2.75, 3.05) is 5.32 Å². The maximum absolute atomic E-state index is 13.7. The third-order valence-electron chi connectivity index (χ3n) is 6.30. The topological polar surface area (TPSA) is 88.9 Å². The van der Waals surface area contributed by atoms with Crippen molar-refractivity contribution in [3.63, 3.8) is 0 Å². The number of aromatic nitrogens is 3. The van der Waals surface area contributed by atoms with E-state index in [9.17, 15) is 9.59 Å². The quantitative estimate of drug-likeness (QED) is 0.452. The second kappa shape index (κ2) is 9.09. The van der Waals surface area contributed by atoms with Gasteiger partial charge in [0.25, 0.3) is 5.91 Å². The zero-order chi connectivity index (χ0) is 23.7. The number of carbonyl (C=O) groups is 2. The Bertz CT molecular complexity index is 1380. The third-order valence-corrected chi connectivity index (χ3v) is 6.30. The molecule has 0 saturated heterocycles. The molecule has 2 amide bonds. The summed E-state index contributed by atoms with van der Waals surface area (Å²) in [6.07, 6.45) is 6.10. The first-order chi connectivity index (χ1) is 16.5. The van der Waals surface area contributed by atoms with Gasteiger partial charge in [-0.25, -0.2) is 4.98 Å². The zero-order valence-electron chi connectivity index (χ0n) is 19.3. The molecule has 7 nitrogen and oxygen atoms in total. The highest BCUT2D eigenvalue weighted by atomic mass is 16.2. The molecule has 7 heteroatoms. The van der Waals surface area contributed by atoms with Gasteiger partial charge in [-0.15, -0.1) is 0 Å². The number of benzene rings is 2. The predicted octanol–water partition coefficient (Wildman–Crippen LogP) is 4.42. The van der Waals surface area contributed by atoms with Crippen LogP contribution in [0.5, 0.6) is 0 Å². The van der Waals surface area contributed by atoms with Crippen molar-refractivity contribution in [3.8, 4) is 0 Å². The molecule has 1 atom stereocenters. The minimum Gasteiger partial charge on any atom is -0.345 e. The minimum atomic E-state index is -0.194. The molecule has 2 aromatic heterocycles. The van der Waals surface area contributed by atoms with Gasteiger partial charge < -0.3 is 15.2 Å². The first-order valence-electron chi connectivity index (χ1n) is 11.6. The number of carbonyl (C=O) groups excluding carboxylic acids is 2. The van der Waals surface area contributed by atoms with Gasteiger partial charge in [-0.2, -0.15) is 0 Å². The lowest BCUT2D eigenvalue weighted by atomic mass is 10.1. The summed E-state index contributed by atoms with van der Waals surface area (Å²) in [5, 5.41) is 6.06. The summed E-state index contributed by atoms with van der Waals surface area (Å²) < 4.78 is 2.08. The lowest BCUT2D eigenvalue weighted by molar-refractivity contribution is -0.114. The normalized spacial score (nSPS) is 14.7. The molecular formula is C27H27N5O2. The number of fused-ring (bicyclic) bond motifs is 2. The summed E-state index contributed by atoms with van der Waals surface area (Å²) in [6.45, 7) is 4.06. The van der Waals surface area contributed by atoms with Crippen LogP contribution in [0.2, 0.25) is 0 Å². The smallest absolute Gasteiger partial charge is 0.254 e. The van der Waals surface area contributed by atoms with Gasteiger partial charge in [-0.1, -0.05) is 37.3 Å². The van der Waals surface area contributed by atoms with E-state index in [1.165, 1.54) is 18.1 Å². The van der Waals surface area contributed by atoms with Crippen molar-refractivity contribution in [2.24, 2.45) is 0 Å². The van der Waals surface area contributed by atoms with Gasteiger partial charge in [0.05, 0.1) is 29.2 Å². The predicted molar refractivity (Wildman–Crippen MR) is 132 cm³/mol. The van der Waals surface area contributed by atoms with E-state index in [0.717, 1.165) is 29.7 Å². The largest absolute Gasteiger partial charge is 0.345 e. The Labute approximate surface area is 198 Å². The van der Waals surface area contributed by atoms with E-state index in [-0.39, 0.29) is 17.9 Å². The van der Waals surface area contributed by atoms with Crippen molar-refractivity contribution in [3.05, 3.63) is 89.0 Å². The van der Waals surface area contributed by atoms with Gasteiger partial charge in [0.2, 0.25) is 5.91 Å². The number of hydrogen-bond acceptors (Lipinski definition) is 4. The summed E-state index contributed by atoms with van der Waals surface area (Å²) in [6, 6.07) is 15.7. The molecule has 0 spiro atoms.